The zero-order valence-electron chi connectivity index (χ0n) is 17.1. The van der Waals surface area contributed by atoms with E-state index in [4.69, 9.17) is 4.74 Å². The molecule has 0 spiro atoms. The van der Waals surface area contributed by atoms with E-state index in [0.29, 0.717) is 18.0 Å². The smallest absolute Gasteiger partial charge is 0.239 e. The fourth-order valence-corrected chi connectivity index (χ4v) is 4.15. The summed E-state index contributed by atoms with van der Waals surface area (Å²) in [6.07, 6.45) is 0. The van der Waals surface area contributed by atoms with Gasteiger partial charge in [-0.05, 0) is 42.3 Å². The maximum atomic E-state index is 12.4. The van der Waals surface area contributed by atoms with Gasteiger partial charge in [-0.1, -0.05) is 54.6 Å². The molecule has 0 atom stereocenters. The van der Waals surface area contributed by atoms with E-state index >= 15 is 0 Å². The Morgan fingerprint density at radius 3 is 2.03 bits per heavy atom. The van der Waals surface area contributed by atoms with Gasteiger partial charge in [-0.2, -0.15) is 0 Å². The SMILES string of the molecule is CCOc1ccc(NC(=O)CS(=O)(=O)CC(=O)c2ccc(-c3ccccc3)cc2)cc1. The molecule has 1 N–H and O–H groups in total. The first-order chi connectivity index (χ1) is 14.9. The van der Waals surface area contributed by atoms with Crippen LogP contribution in [0.3, 0.4) is 0 Å². The summed E-state index contributed by atoms with van der Waals surface area (Å²) in [5.41, 5.74) is 2.66. The molecule has 6 nitrogen and oxygen atoms in total. The van der Waals surface area contributed by atoms with Crippen LogP contribution < -0.4 is 10.1 Å². The van der Waals surface area contributed by atoms with Crippen molar-refractivity contribution < 1.29 is 22.7 Å². The molecule has 3 aromatic carbocycles. The predicted octanol–water partition coefficient (Wildman–Crippen LogP) is 3.99. The van der Waals surface area contributed by atoms with Crippen molar-refractivity contribution in [3.8, 4) is 16.9 Å². The van der Waals surface area contributed by atoms with Crippen LogP contribution in [0.25, 0.3) is 11.1 Å². The van der Waals surface area contributed by atoms with Crippen molar-refractivity contribution in [1.29, 1.82) is 0 Å². The van der Waals surface area contributed by atoms with Crippen molar-refractivity contribution >= 4 is 27.2 Å². The summed E-state index contributed by atoms with van der Waals surface area (Å²) >= 11 is 0. The summed E-state index contributed by atoms with van der Waals surface area (Å²) in [4.78, 5) is 24.5. The van der Waals surface area contributed by atoms with Gasteiger partial charge >= 0.3 is 0 Å². The number of hydrogen-bond acceptors (Lipinski definition) is 5. The Morgan fingerprint density at radius 1 is 0.806 bits per heavy atom. The molecule has 0 aliphatic carbocycles. The van der Waals surface area contributed by atoms with Gasteiger partial charge in [-0.25, -0.2) is 8.42 Å². The van der Waals surface area contributed by atoms with Crippen LogP contribution in [0.15, 0.2) is 78.9 Å². The maximum absolute atomic E-state index is 12.4. The number of amides is 1. The summed E-state index contributed by atoms with van der Waals surface area (Å²) in [6, 6.07) is 23.0. The molecule has 3 aromatic rings. The zero-order chi connectivity index (χ0) is 22.3. The third-order valence-corrected chi connectivity index (χ3v) is 5.87. The van der Waals surface area contributed by atoms with Crippen LogP contribution in [0, 0.1) is 0 Å². The summed E-state index contributed by atoms with van der Waals surface area (Å²) < 4.78 is 30.0. The van der Waals surface area contributed by atoms with E-state index in [-0.39, 0.29) is 5.56 Å². The van der Waals surface area contributed by atoms with Crippen LogP contribution in [-0.4, -0.2) is 38.2 Å². The Labute approximate surface area is 181 Å². The number of anilines is 1. The summed E-state index contributed by atoms with van der Waals surface area (Å²) in [5, 5.41) is 2.52. The van der Waals surface area contributed by atoms with Crippen molar-refractivity contribution in [3.05, 3.63) is 84.4 Å². The third-order valence-electron chi connectivity index (χ3n) is 4.47. The van der Waals surface area contributed by atoms with E-state index in [0.717, 1.165) is 11.1 Å². The highest BCUT2D eigenvalue weighted by atomic mass is 32.2. The molecule has 0 aliphatic rings. The van der Waals surface area contributed by atoms with Gasteiger partial charge in [-0.3, -0.25) is 9.59 Å². The van der Waals surface area contributed by atoms with Gasteiger partial charge in [-0.15, -0.1) is 0 Å². The molecular weight excluding hydrogens is 414 g/mol. The number of carbonyl (C=O) groups excluding carboxylic acids is 2. The lowest BCUT2D eigenvalue weighted by Gasteiger charge is -2.08. The van der Waals surface area contributed by atoms with E-state index < -0.39 is 33.0 Å². The van der Waals surface area contributed by atoms with Gasteiger partial charge in [0.15, 0.2) is 15.6 Å². The fourth-order valence-electron chi connectivity index (χ4n) is 3.01. The third kappa shape index (κ3) is 6.52. The molecule has 0 radical (unpaired) electrons. The van der Waals surface area contributed by atoms with Gasteiger partial charge in [0.25, 0.3) is 0 Å². The maximum Gasteiger partial charge on any atom is 0.239 e. The molecule has 0 saturated carbocycles. The van der Waals surface area contributed by atoms with E-state index in [2.05, 4.69) is 5.32 Å². The normalized spacial score (nSPS) is 11.0. The van der Waals surface area contributed by atoms with Crippen molar-refractivity contribution in [2.45, 2.75) is 6.92 Å². The average molecular weight is 438 g/mol. The topological polar surface area (TPSA) is 89.5 Å². The number of ether oxygens (including phenoxy) is 1. The van der Waals surface area contributed by atoms with Gasteiger partial charge in [0.05, 0.1) is 6.61 Å². The monoisotopic (exact) mass is 437 g/mol. The Morgan fingerprint density at radius 2 is 1.42 bits per heavy atom. The molecule has 0 saturated heterocycles. The lowest BCUT2D eigenvalue weighted by Crippen LogP contribution is -2.27. The molecule has 0 bridgehead atoms. The summed E-state index contributed by atoms with van der Waals surface area (Å²) in [5.74, 6) is -2.09. The predicted molar refractivity (Wildman–Crippen MR) is 121 cm³/mol. The van der Waals surface area contributed by atoms with Gasteiger partial charge in [0, 0.05) is 11.3 Å². The molecular formula is C24H23NO5S. The average Bonchev–Trinajstić information content (AvgIpc) is 2.75. The number of benzene rings is 3. The molecule has 0 fully saturated rings. The second kappa shape index (κ2) is 10.0. The summed E-state index contributed by atoms with van der Waals surface area (Å²) in [6.45, 7) is 2.38. The van der Waals surface area contributed by atoms with Crippen molar-refractivity contribution in [2.75, 3.05) is 23.4 Å². The number of ketones is 1. The largest absolute Gasteiger partial charge is 0.494 e. The molecule has 31 heavy (non-hydrogen) atoms. The van der Waals surface area contributed by atoms with Crippen LogP contribution in [0.4, 0.5) is 5.69 Å². The highest BCUT2D eigenvalue weighted by Gasteiger charge is 2.22. The van der Waals surface area contributed by atoms with Crippen LogP contribution in [0.5, 0.6) is 5.75 Å². The van der Waals surface area contributed by atoms with Crippen LogP contribution in [0.2, 0.25) is 0 Å². The van der Waals surface area contributed by atoms with E-state index in [1.807, 2.05) is 37.3 Å². The molecule has 3 rings (SSSR count). The van der Waals surface area contributed by atoms with E-state index in [9.17, 15) is 18.0 Å². The van der Waals surface area contributed by atoms with Gasteiger partial charge < -0.3 is 10.1 Å². The minimum atomic E-state index is -3.91. The standard InChI is InChI=1S/C24H23NO5S/c1-2-30-22-14-12-21(13-15-22)25-24(27)17-31(28,29)16-23(26)20-10-8-19(9-11-20)18-6-4-3-5-7-18/h3-15H,2,16-17H2,1H3,(H,25,27). The molecule has 7 heteroatoms. The Balaban J connectivity index is 1.58. The van der Waals surface area contributed by atoms with Crippen LogP contribution in [-0.2, 0) is 14.6 Å². The first kappa shape index (κ1) is 22.2. The number of hydrogen-bond donors (Lipinski definition) is 1. The van der Waals surface area contributed by atoms with E-state index in [1.54, 1.807) is 48.5 Å². The quantitative estimate of drug-likeness (QED) is 0.511. The second-order valence-corrected chi connectivity index (χ2v) is 8.97. The molecule has 0 aromatic heterocycles. The molecule has 1 amide bonds. The van der Waals surface area contributed by atoms with Gasteiger partial charge in [0.2, 0.25) is 5.91 Å². The Hall–Kier alpha value is -3.45. The Bertz CT molecular complexity index is 1140. The Kier molecular flexibility index (Phi) is 7.20. The van der Waals surface area contributed by atoms with Crippen molar-refractivity contribution in [3.63, 3.8) is 0 Å². The zero-order valence-corrected chi connectivity index (χ0v) is 17.9. The highest BCUT2D eigenvalue weighted by molar-refractivity contribution is 7.92. The lowest BCUT2D eigenvalue weighted by atomic mass is 10.0. The molecule has 0 aliphatic heterocycles. The molecule has 160 valence electrons. The van der Waals surface area contributed by atoms with Gasteiger partial charge in [0.1, 0.15) is 17.3 Å². The fraction of sp³-hybridized carbons (Fsp3) is 0.167. The van der Waals surface area contributed by atoms with Crippen molar-refractivity contribution in [2.24, 2.45) is 0 Å². The molecule has 0 heterocycles. The lowest BCUT2D eigenvalue weighted by molar-refractivity contribution is -0.113. The number of rotatable bonds is 9. The first-order valence-corrected chi connectivity index (χ1v) is 11.6. The highest BCUT2D eigenvalue weighted by Crippen LogP contribution is 2.20. The van der Waals surface area contributed by atoms with E-state index in [1.165, 1.54) is 0 Å². The van der Waals surface area contributed by atoms with Crippen LogP contribution in [0.1, 0.15) is 17.3 Å². The second-order valence-electron chi connectivity index (χ2n) is 6.90. The van der Waals surface area contributed by atoms with Crippen molar-refractivity contribution in [1.82, 2.24) is 0 Å². The number of nitrogens with one attached hydrogen (secondary N) is 1. The minimum absolute atomic E-state index is 0.287. The number of Topliss-reactive ketones (excluding diaryl/α,β-unsaturated/α-hetero) is 1. The first-order valence-electron chi connectivity index (χ1n) is 9.78. The summed E-state index contributed by atoms with van der Waals surface area (Å²) in [7, 11) is -3.91. The number of sulfone groups is 1. The molecule has 0 unspecified atom stereocenters. The number of carbonyl (C=O) groups is 2. The van der Waals surface area contributed by atoms with Crippen LogP contribution >= 0.6 is 0 Å². The minimum Gasteiger partial charge on any atom is -0.494 e.